The summed E-state index contributed by atoms with van der Waals surface area (Å²) in [6.45, 7) is 1.70. The number of hydrogen-bond acceptors (Lipinski definition) is 11. The summed E-state index contributed by atoms with van der Waals surface area (Å²) in [7, 11) is 2.79. The summed E-state index contributed by atoms with van der Waals surface area (Å²) in [5, 5.41) is 20.0. The Kier molecular flexibility index (Phi) is 6.07. The van der Waals surface area contributed by atoms with Gasteiger partial charge in [0, 0.05) is 0 Å². The molecule has 0 aliphatic carbocycles. The van der Waals surface area contributed by atoms with Crippen LogP contribution in [0.1, 0.15) is 29.7 Å². The Hall–Kier alpha value is -5.13. The molecule has 3 heterocycles. The maximum Gasteiger partial charge on any atom is 0.362 e. The van der Waals surface area contributed by atoms with E-state index in [-0.39, 0.29) is 63.7 Å². The van der Waals surface area contributed by atoms with Crippen molar-refractivity contribution in [2.45, 2.75) is 12.8 Å². The molecule has 12 heteroatoms. The Morgan fingerprint density at radius 3 is 2.47 bits per heavy atom. The van der Waals surface area contributed by atoms with Crippen molar-refractivity contribution in [3.05, 3.63) is 74.5 Å². The lowest BCUT2D eigenvalue weighted by molar-refractivity contribution is -0.136. The minimum Gasteiger partial charge on any atom is -0.504 e. The number of nitrogen functional groups attached to an aromatic ring is 1. The maximum absolute atomic E-state index is 13.3. The van der Waals surface area contributed by atoms with Gasteiger partial charge in [-0.25, -0.2) is 14.2 Å². The molecule has 2 aromatic carbocycles. The molecule has 0 bridgehead atoms. The number of carbonyl (C=O) groups is 1. The predicted molar refractivity (Wildman–Crippen MR) is 133 cm³/mol. The van der Waals surface area contributed by atoms with E-state index in [1.54, 1.807) is 19.1 Å². The van der Waals surface area contributed by atoms with Gasteiger partial charge in [-0.3, -0.25) is 0 Å². The van der Waals surface area contributed by atoms with Gasteiger partial charge in [0.2, 0.25) is 11.4 Å². The molecule has 4 aromatic rings. The summed E-state index contributed by atoms with van der Waals surface area (Å²) in [6, 6.07) is 8.80. The van der Waals surface area contributed by atoms with Crippen molar-refractivity contribution in [2.24, 2.45) is 0 Å². The van der Waals surface area contributed by atoms with Gasteiger partial charge in [-0.15, -0.1) is 0 Å². The van der Waals surface area contributed by atoms with Crippen LogP contribution in [0.15, 0.2) is 50.0 Å². The normalized spacial score (nSPS) is 14.7. The van der Waals surface area contributed by atoms with Crippen molar-refractivity contribution in [2.75, 3.05) is 26.6 Å². The SMILES string of the molecule is CCOC(=O)C1=c2oc(=O)/c(=C/c3ccc(O)c(OC)c3)n2-c2oc(N)nc2[C@@H]1c1ccc(O)c(OC)c1. The molecule has 5 rings (SSSR count). The highest BCUT2D eigenvalue weighted by Gasteiger charge is 2.40. The topological polar surface area (TPSA) is 172 Å². The second-order valence-electron chi connectivity index (χ2n) is 8.23. The lowest BCUT2D eigenvalue weighted by Gasteiger charge is -2.22. The number of anilines is 1. The fourth-order valence-corrected chi connectivity index (χ4v) is 4.39. The van der Waals surface area contributed by atoms with Gasteiger partial charge < -0.3 is 39.0 Å². The molecule has 0 amide bonds. The number of esters is 1. The molecular formula is C26H23N3O9. The molecule has 4 N–H and O–H groups in total. The predicted octanol–water partition coefficient (Wildman–Crippen LogP) is 1.12. The van der Waals surface area contributed by atoms with E-state index in [9.17, 15) is 19.8 Å². The van der Waals surface area contributed by atoms with Crippen molar-refractivity contribution in [1.82, 2.24) is 9.55 Å². The number of rotatable bonds is 6. The number of oxazole rings is 2. The molecule has 1 atom stereocenters. The molecule has 0 saturated heterocycles. The van der Waals surface area contributed by atoms with E-state index in [4.69, 9.17) is 28.8 Å². The minimum absolute atomic E-state index is 0.00585. The van der Waals surface area contributed by atoms with Crippen LogP contribution in [0.3, 0.4) is 0 Å². The van der Waals surface area contributed by atoms with Crippen LogP contribution in [0, 0.1) is 0 Å². The number of hydrogen-bond donors (Lipinski definition) is 3. The van der Waals surface area contributed by atoms with Crippen molar-refractivity contribution in [3.63, 3.8) is 0 Å². The second-order valence-corrected chi connectivity index (χ2v) is 8.23. The molecule has 0 radical (unpaired) electrons. The van der Waals surface area contributed by atoms with Crippen LogP contribution >= 0.6 is 0 Å². The monoisotopic (exact) mass is 521 g/mol. The highest BCUT2D eigenvalue weighted by molar-refractivity contribution is 6.12. The molecule has 1 aliphatic rings. The number of ether oxygens (including phenoxy) is 3. The van der Waals surface area contributed by atoms with Crippen LogP contribution in [-0.2, 0) is 9.53 Å². The molecule has 1 aliphatic heterocycles. The molecule has 2 aromatic heterocycles. The number of phenolic OH excluding ortho intramolecular Hbond substituents is 2. The van der Waals surface area contributed by atoms with Crippen molar-refractivity contribution >= 4 is 23.6 Å². The fraction of sp³-hybridized carbons (Fsp3) is 0.192. The molecule has 0 fully saturated rings. The van der Waals surface area contributed by atoms with Gasteiger partial charge in [0.25, 0.3) is 6.01 Å². The number of phenols is 2. The largest absolute Gasteiger partial charge is 0.504 e. The van der Waals surface area contributed by atoms with Crippen LogP contribution < -0.4 is 31.7 Å². The molecule has 12 nitrogen and oxygen atoms in total. The molecule has 0 saturated carbocycles. The summed E-state index contributed by atoms with van der Waals surface area (Å²) in [5.74, 6) is -1.47. The first-order valence-corrected chi connectivity index (χ1v) is 11.4. The summed E-state index contributed by atoms with van der Waals surface area (Å²) < 4.78 is 28.4. The van der Waals surface area contributed by atoms with Crippen LogP contribution in [0.4, 0.5) is 6.01 Å². The third-order valence-corrected chi connectivity index (χ3v) is 6.03. The van der Waals surface area contributed by atoms with Gasteiger partial charge in [0.15, 0.2) is 23.0 Å². The zero-order valence-corrected chi connectivity index (χ0v) is 20.5. The first-order chi connectivity index (χ1) is 18.3. The highest BCUT2D eigenvalue weighted by atomic mass is 16.5. The molecular weight excluding hydrogens is 498 g/mol. The van der Waals surface area contributed by atoms with Gasteiger partial charge in [-0.2, -0.15) is 4.98 Å². The lowest BCUT2D eigenvalue weighted by Crippen LogP contribution is -2.37. The van der Waals surface area contributed by atoms with E-state index in [0.29, 0.717) is 11.1 Å². The van der Waals surface area contributed by atoms with E-state index in [2.05, 4.69) is 4.98 Å². The highest BCUT2D eigenvalue weighted by Crippen LogP contribution is 2.41. The zero-order valence-electron chi connectivity index (χ0n) is 20.5. The number of benzene rings is 2. The van der Waals surface area contributed by atoms with E-state index in [0.717, 1.165) is 0 Å². The minimum atomic E-state index is -0.938. The number of aromatic nitrogens is 2. The van der Waals surface area contributed by atoms with E-state index in [1.165, 1.54) is 49.1 Å². The molecule has 0 unspecified atom stereocenters. The summed E-state index contributed by atoms with van der Waals surface area (Å²) in [5.41, 5.74) is 6.18. The average Bonchev–Trinajstić information content (AvgIpc) is 3.43. The van der Waals surface area contributed by atoms with Crippen molar-refractivity contribution < 1.29 is 38.1 Å². The number of carbonyl (C=O) groups excluding carboxylic acids is 1. The Morgan fingerprint density at radius 2 is 1.79 bits per heavy atom. The van der Waals surface area contributed by atoms with Gasteiger partial charge in [0.05, 0.1) is 26.7 Å². The number of fused-ring (bicyclic) bond motifs is 3. The quantitative estimate of drug-likeness (QED) is 0.310. The number of aromatic hydroxyl groups is 2. The molecule has 38 heavy (non-hydrogen) atoms. The third-order valence-electron chi connectivity index (χ3n) is 6.03. The van der Waals surface area contributed by atoms with E-state index < -0.39 is 17.5 Å². The number of methoxy groups -OCH3 is 2. The fourth-order valence-electron chi connectivity index (χ4n) is 4.39. The van der Waals surface area contributed by atoms with E-state index in [1.807, 2.05) is 0 Å². The molecule has 0 spiro atoms. The first kappa shape index (κ1) is 24.6. The summed E-state index contributed by atoms with van der Waals surface area (Å²) >= 11 is 0. The summed E-state index contributed by atoms with van der Waals surface area (Å²) in [4.78, 5) is 30.8. The van der Waals surface area contributed by atoms with Gasteiger partial charge in [-0.05, 0) is 48.4 Å². The standard InChI is InChI=1S/C26H23N3O9/c1-4-36-25(33)20-19(13-6-8-16(31)18(11-13)35-3)21-23(38-26(27)28-21)29-14(24(32)37-22(20)29)9-12-5-7-15(30)17(10-12)34-2/h5-11,19,30-31H,4H2,1-3H3,(H2,27,28)/b14-9-/t19-/m1/s1. The smallest absolute Gasteiger partial charge is 0.362 e. The molecule has 196 valence electrons. The zero-order chi connectivity index (χ0) is 27.1. The lowest BCUT2D eigenvalue weighted by atomic mass is 9.86. The Balaban J connectivity index is 1.88. The number of nitrogens with two attached hydrogens (primary N) is 1. The maximum atomic E-state index is 13.3. The Labute approximate surface area is 214 Å². The van der Waals surface area contributed by atoms with Crippen LogP contribution in [0.2, 0.25) is 0 Å². The van der Waals surface area contributed by atoms with Crippen LogP contribution in [-0.4, -0.2) is 46.6 Å². The van der Waals surface area contributed by atoms with Gasteiger partial charge in [-0.1, -0.05) is 12.1 Å². The van der Waals surface area contributed by atoms with Gasteiger partial charge >= 0.3 is 11.6 Å². The van der Waals surface area contributed by atoms with Crippen LogP contribution in [0.5, 0.6) is 23.0 Å². The van der Waals surface area contributed by atoms with Crippen LogP contribution in [0.25, 0.3) is 17.5 Å². The van der Waals surface area contributed by atoms with E-state index >= 15 is 0 Å². The van der Waals surface area contributed by atoms with Crippen molar-refractivity contribution in [1.29, 1.82) is 0 Å². The first-order valence-electron chi connectivity index (χ1n) is 11.4. The average molecular weight is 521 g/mol. The number of nitrogens with zero attached hydrogens (tertiary/aromatic N) is 2. The van der Waals surface area contributed by atoms with Crippen molar-refractivity contribution in [3.8, 4) is 28.9 Å². The van der Waals surface area contributed by atoms with Gasteiger partial charge in [0.1, 0.15) is 16.6 Å². The second kappa shape index (κ2) is 9.39. The summed E-state index contributed by atoms with van der Waals surface area (Å²) in [6.07, 6.45) is 1.48. The Morgan fingerprint density at radius 1 is 1.11 bits per heavy atom. The third kappa shape index (κ3) is 3.92. The Bertz CT molecular complexity index is 1750.